The molecule has 1 atom stereocenters. The fourth-order valence-corrected chi connectivity index (χ4v) is 5.02. The highest BCUT2D eigenvalue weighted by Crippen LogP contribution is 2.39. The number of hydrogen-bond donors (Lipinski definition) is 1. The van der Waals surface area contributed by atoms with Gasteiger partial charge in [0.2, 0.25) is 0 Å². The summed E-state index contributed by atoms with van der Waals surface area (Å²) in [5.41, 5.74) is 10.4. The van der Waals surface area contributed by atoms with Crippen LogP contribution in [-0.4, -0.2) is 6.54 Å². The highest BCUT2D eigenvalue weighted by molar-refractivity contribution is 7.99. The second-order valence-corrected chi connectivity index (χ2v) is 7.32. The van der Waals surface area contributed by atoms with Crippen LogP contribution < -0.4 is 5.73 Å². The number of thiophene rings is 1. The Kier molecular flexibility index (Phi) is 3.96. The third kappa shape index (κ3) is 2.73. The molecule has 1 nitrogen and oxygen atoms in total. The summed E-state index contributed by atoms with van der Waals surface area (Å²) >= 11 is 3.74. The molecule has 100 valence electrons. The van der Waals surface area contributed by atoms with Crippen molar-refractivity contribution in [2.24, 2.45) is 5.73 Å². The first kappa shape index (κ1) is 13.2. The number of thioether (sulfide) groups is 1. The molecule has 0 fully saturated rings. The molecular formula is C16H19NS2. The normalized spacial score (nSPS) is 15.5. The molecule has 1 aliphatic rings. The van der Waals surface area contributed by atoms with E-state index in [1.54, 1.807) is 11.1 Å². The van der Waals surface area contributed by atoms with Crippen LogP contribution in [0.5, 0.6) is 0 Å². The second-order valence-electron chi connectivity index (χ2n) is 5.09. The molecule has 1 aromatic heterocycles. The molecule has 1 aromatic carbocycles. The molecular weight excluding hydrogens is 270 g/mol. The van der Waals surface area contributed by atoms with Gasteiger partial charge in [0, 0.05) is 16.3 Å². The first-order valence-electron chi connectivity index (χ1n) is 6.80. The zero-order valence-corrected chi connectivity index (χ0v) is 12.8. The third-order valence-corrected chi connectivity index (χ3v) is 6.28. The van der Waals surface area contributed by atoms with Crippen LogP contribution in [0.1, 0.15) is 33.2 Å². The first-order chi connectivity index (χ1) is 9.28. The summed E-state index contributed by atoms with van der Waals surface area (Å²) < 4.78 is 0. The predicted molar refractivity (Wildman–Crippen MR) is 85.2 cm³/mol. The average molecular weight is 289 g/mol. The Morgan fingerprint density at radius 1 is 1.26 bits per heavy atom. The van der Waals surface area contributed by atoms with Crippen LogP contribution in [0.15, 0.2) is 34.5 Å². The van der Waals surface area contributed by atoms with Gasteiger partial charge in [-0.3, -0.25) is 0 Å². The Bertz CT molecular complexity index is 574. The number of hydrogen-bond acceptors (Lipinski definition) is 3. The van der Waals surface area contributed by atoms with Crippen molar-refractivity contribution in [1.29, 1.82) is 0 Å². The summed E-state index contributed by atoms with van der Waals surface area (Å²) in [6.45, 7) is 2.88. The molecule has 1 aliphatic carbocycles. The number of fused-ring (bicyclic) bond motifs is 1. The highest BCUT2D eigenvalue weighted by Gasteiger charge is 2.17. The minimum absolute atomic E-state index is 0.388. The van der Waals surface area contributed by atoms with Crippen molar-refractivity contribution in [3.63, 3.8) is 0 Å². The van der Waals surface area contributed by atoms with Crippen LogP contribution in [0, 0.1) is 6.92 Å². The van der Waals surface area contributed by atoms with E-state index in [9.17, 15) is 0 Å². The maximum atomic E-state index is 5.98. The van der Waals surface area contributed by atoms with Gasteiger partial charge < -0.3 is 5.73 Å². The fourth-order valence-electron chi connectivity index (χ4n) is 2.71. The summed E-state index contributed by atoms with van der Waals surface area (Å²) in [5, 5.41) is 2.55. The van der Waals surface area contributed by atoms with Crippen LogP contribution in [0.4, 0.5) is 0 Å². The lowest BCUT2D eigenvalue weighted by atomic mass is 10.1. The maximum absolute atomic E-state index is 5.98. The zero-order chi connectivity index (χ0) is 13.2. The number of rotatable bonds is 4. The molecule has 0 saturated heterocycles. The van der Waals surface area contributed by atoms with Crippen molar-refractivity contribution < 1.29 is 0 Å². The summed E-state index contributed by atoms with van der Waals surface area (Å²) in [5.74, 6) is 0. The van der Waals surface area contributed by atoms with Gasteiger partial charge in [-0.05, 0) is 66.5 Å². The minimum atomic E-state index is 0.388. The Balaban J connectivity index is 1.81. The van der Waals surface area contributed by atoms with E-state index in [1.165, 1.54) is 34.6 Å². The number of aryl methyl sites for hydroxylation is 3. The smallest absolute Gasteiger partial charge is 0.0563 e. The van der Waals surface area contributed by atoms with Crippen molar-refractivity contribution in [3.8, 4) is 0 Å². The Morgan fingerprint density at radius 2 is 2.11 bits per heavy atom. The topological polar surface area (TPSA) is 26.0 Å². The Hall–Kier alpha value is -0.770. The van der Waals surface area contributed by atoms with E-state index in [2.05, 4.69) is 36.6 Å². The molecule has 19 heavy (non-hydrogen) atoms. The summed E-state index contributed by atoms with van der Waals surface area (Å²) in [6.07, 6.45) is 3.81. The predicted octanol–water partition coefficient (Wildman–Crippen LogP) is 4.34. The molecule has 3 heteroatoms. The molecule has 0 radical (unpaired) electrons. The van der Waals surface area contributed by atoms with Gasteiger partial charge in [-0.15, -0.1) is 23.1 Å². The molecule has 1 unspecified atom stereocenters. The van der Waals surface area contributed by atoms with Crippen molar-refractivity contribution in [3.05, 3.63) is 51.2 Å². The lowest BCUT2D eigenvalue weighted by Gasteiger charge is -2.15. The Labute approximate surface area is 123 Å². The first-order valence-corrected chi connectivity index (χ1v) is 8.56. The van der Waals surface area contributed by atoms with E-state index < -0.39 is 0 Å². The highest BCUT2D eigenvalue weighted by atomic mass is 32.2. The van der Waals surface area contributed by atoms with Crippen molar-refractivity contribution >= 4 is 23.1 Å². The van der Waals surface area contributed by atoms with Gasteiger partial charge in [0.25, 0.3) is 0 Å². The van der Waals surface area contributed by atoms with Gasteiger partial charge in [-0.1, -0.05) is 6.07 Å². The largest absolute Gasteiger partial charge is 0.329 e. The second kappa shape index (κ2) is 5.70. The molecule has 2 N–H and O–H groups in total. The number of benzene rings is 1. The zero-order valence-electron chi connectivity index (χ0n) is 11.2. The van der Waals surface area contributed by atoms with Crippen LogP contribution in [0.3, 0.4) is 0 Å². The van der Waals surface area contributed by atoms with Crippen molar-refractivity contribution in [2.45, 2.75) is 36.3 Å². The van der Waals surface area contributed by atoms with Crippen LogP contribution in [-0.2, 0) is 12.8 Å². The molecule has 0 saturated carbocycles. The maximum Gasteiger partial charge on any atom is 0.0563 e. The van der Waals surface area contributed by atoms with Crippen molar-refractivity contribution in [2.75, 3.05) is 6.54 Å². The molecule has 0 spiro atoms. The van der Waals surface area contributed by atoms with E-state index in [-0.39, 0.29) is 0 Å². The van der Waals surface area contributed by atoms with Gasteiger partial charge in [-0.25, -0.2) is 0 Å². The summed E-state index contributed by atoms with van der Waals surface area (Å²) in [6, 6.07) is 9.13. The molecule has 3 rings (SSSR count). The van der Waals surface area contributed by atoms with Gasteiger partial charge in [0.05, 0.1) is 5.25 Å². The van der Waals surface area contributed by atoms with Gasteiger partial charge in [0.15, 0.2) is 0 Å². The fraction of sp³-hybridized carbons (Fsp3) is 0.375. The lowest BCUT2D eigenvalue weighted by molar-refractivity contribution is 0.911. The Morgan fingerprint density at radius 3 is 2.84 bits per heavy atom. The average Bonchev–Trinajstić information content (AvgIpc) is 3.04. The standard InChI is InChI=1S/C16H19NS2/c1-11-7-8-18-16(11)15(10-17)19-14-6-5-12-3-2-4-13(12)9-14/h5-9,15H,2-4,10,17H2,1H3. The van der Waals surface area contributed by atoms with Gasteiger partial charge >= 0.3 is 0 Å². The molecule has 0 bridgehead atoms. The monoisotopic (exact) mass is 289 g/mol. The van der Waals surface area contributed by atoms with E-state index in [4.69, 9.17) is 5.73 Å². The molecule has 0 amide bonds. The van der Waals surface area contributed by atoms with Crippen LogP contribution in [0.2, 0.25) is 0 Å². The summed E-state index contributed by atoms with van der Waals surface area (Å²) in [7, 11) is 0. The third-order valence-electron chi connectivity index (χ3n) is 3.76. The van der Waals surface area contributed by atoms with Crippen LogP contribution >= 0.6 is 23.1 Å². The quantitative estimate of drug-likeness (QED) is 0.847. The van der Waals surface area contributed by atoms with E-state index in [0.717, 1.165) is 0 Å². The minimum Gasteiger partial charge on any atom is -0.329 e. The molecule has 2 aromatic rings. The van der Waals surface area contributed by atoms with Gasteiger partial charge in [-0.2, -0.15) is 0 Å². The van der Waals surface area contributed by atoms with E-state index in [0.29, 0.717) is 11.8 Å². The molecule has 0 aliphatic heterocycles. The van der Waals surface area contributed by atoms with E-state index >= 15 is 0 Å². The summed E-state index contributed by atoms with van der Waals surface area (Å²) in [4.78, 5) is 2.79. The number of nitrogens with two attached hydrogens (primary N) is 1. The van der Waals surface area contributed by atoms with Crippen LogP contribution in [0.25, 0.3) is 0 Å². The van der Waals surface area contributed by atoms with Gasteiger partial charge in [0.1, 0.15) is 0 Å². The SMILES string of the molecule is Cc1ccsc1C(CN)Sc1ccc2c(c1)CCC2. The lowest BCUT2D eigenvalue weighted by Crippen LogP contribution is -2.08. The van der Waals surface area contributed by atoms with Crippen molar-refractivity contribution in [1.82, 2.24) is 0 Å². The van der Waals surface area contributed by atoms with E-state index in [1.807, 2.05) is 23.1 Å². The molecule has 1 heterocycles.